The minimum atomic E-state index is -1.81. The number of halogens is 1. The first-order valence-corrected chi connectivity index (χ1v) is 11.7. The Bertz CT molecular complexity index is 923. The Labute approximate surface area is 193 Å². The molecular formula is C24H31FN4O4. The van der Waals surface area contributed by atoms with Crippen LogP contribution in [0.15, 0.2) is 18.2 Å². The van der Waals surface area contributed by atoms with E-state index in [-0.39, 0.29) is 24.0 Å². The van der Waals surface area contributed by atoms with Gasteiger partial charge in [-0.15, -0.1) is 0 Å². The molecule has 4 rings (SSSR count). The van der Waals surface area contributed by atoms with Crippen molar-refractivity contribution in [3.8, 4) is 6.07 Å². The van der Waals surface area contributed by atoms with Crippen molar-refractivity contribution >= 4 is 17.5 Å². The van der Waals surface area contributed by atoms with Crippen molar-refractivity contribution in [3.05, 3.63) is 29.6 Å². The smallest absolute Gasteiger partial charge is 0.255 e. The number of benzene rings is 1. The van der Waals surface area contributed by atoms with E-state index in [1.807, 2.05) is 17.9 Å². The summed E-state index contributed by atoms with van der Waals surface area (Å²) in [5.74, 6) is -1.62. The molecule has 0 saturated carbocycles. The standard InChI is InChI=1S/C24H31FN4O4/c1-14(15-8-10-28(11-9-15)20-7-2-17(25)12-16(20)13-26)27-23(32)21(30)22(31)24(33)29-18-3-4-19(29)6-5-18/h2,7,12,14-15,18-19,21-22,30-31H,3-6,8-11H2,1H3,(H,27,32)/t14-,18?,19?,21-,22-/m1/s1. The molecule has 3 N–H and O–H groups in total. The molecule has 3 aliphatic rings. The van der Waals surface area contributed by atoms with Crippen LogP contribution in [0.1, 0.15) is 51.0 Å². The van der Waals surface area contributed by atoms with Crippen LogP contribution in [0.3, 0.4) is 0 Å². The number of carbonyl (C=O) groups is 2. The molecule has 3 aliphatic heterocycles. The third kappa shape index (κ3) is 4.68. The molecular weight excluding hydrogens is 427 g/mol. The van der Waals surface area contributed by atoms with E-state index in [1.54, 1.807) is 11.0 Å². The van der Waals surface area contributed by atoms with Gasteiger partial charge in [-0.1, -0.05) is 0 Å². The zero-order valence-electron chi connectivity index (χ0n) is 18.8. The summed E-state index contributed by atoms with van der Waals surface area (Å²) in [6.45, 7) is 3.14. The molecule has 33 heavy (non-hydrogen) atoms. The highest BCUT2D eigenvalue weighted by Gasteiger charge is 2.46. The van der Waals surface area contributed by atoms with Gasteiger partial charge in [-0.05, 0) is 69.6 Å². The van der Waals surface area contributed by atoms with E-state index in [9.17, 15) is 29.5 Å². The first-order chi connectivity index (χ1) is 15.8. The number of anilines is 1. The SMILES string of the molecule is C[C@@H](NC(=O)[C@H](O)[C@@H](O)C(=O)N1C2CCC1CC2)C1CCN(c2ccc(F)cc2C#N)CC1. The fraction of sp³-hybridized carbons (Fsp3) is 0.625. The third-order valence-corrected chi connectivity index (χ3v) is 7.56. The molecule has 0 aliphatic carbocycles. The highest BCUT2D eigenvalue weighted by Crippen LogP contribution is 2.38. The molecule has 0 radical (unpaired) electrons. The molecule has 3 fully saturated rings. The molecule has 0 aromatic heterocycles. The number of aliphatic hydroxyl groups is 2. The number of piperidine rings is 1. The number of fused-ring (bicyclic) bond motifs is 2. The summed E-state index contributed by atoms with van der Waals surface area (Å²) in [7, 11) is 0. The maximum Gasteiger partial charge on any atom is 0.255 e. The molecule has 0 unspecified atom stereocenters. The van der Waals surface area contributed by atoms with Crippen LogP contribution in [-0.2, 0) is 9.59 Å². The Balaban J connectivity index is 1.29. The Morgan fingerprint density at radius 1 is 1.09 bits per heavy atom. The van der Waals surface area contributed by atoms with E-state index in [0.717, 1.165) is 38.5 Å². The normalized spacial score (nSPS) is 25.4. The van der Waals surface area contributed by atoms with Gasteiger partial charge in [0.2, 0.25) is 0 Å². The molecule has 178 valence electrons. The second kappa shape index (κ2) is 9.65. The van der Waals surface area contributed by atoms with Gasteiger partial charge in [0.05, 0.1) is 11.3 Å². The lowest BCUT2D eigenvalue weighted by molar-refractivity contribution is -0.154. The fourth-order valence-corrected chi connectivity index (χ4v) is 5.65. The van der Waals surface area contributed by atoms with Gasteiger partial charge in [-0.3, -0.25) is 9.59 Å². The molecule has 0 spiro atoms. The Morgan fingerprint density at radius 2 is 1.70 bits per heavy atom. The molecule has 1 aromatic carbocycles. The molecule has 2 amide bonds. The maximum absolute atomic E-state index is 13.4. The molecule has 3 saturated heterocycles. The number of amides is 2. The van der Waals surface area contributed by atoms with Crippen LogP contribution in [0.2, 0.25) is 0 Å². The van der Waals surface area contributed by atoms with Crippen molar-refractivity contribution < 1.29 is 24.2 Å². The number of nitrogens with zero attached hydrogens (tertiary/aromatic N) is 3. The minimum Gasteiger partial charge on any atom is -0.380 e. The van der Waals surface area contributed by atoms with Gasteiger partial charge >= 0.3 is 0 Å². The monoisotopic (exact) mass is 458 g/mol. The number of hydrogen-bond acceptors (Lipinski definition) is 6. The molecule has 8 nitrogen and oxygen atoms in total. The summed E-state index contributed by atoms with van der Waals surface area (Å²) in [6, 6.07) is 6.17. The molecule has 9 heteroatoms. The predicted octanol–water partition coefficient (Wildman–Crippen LogP) is 1.29. The van der Waals surface area contributed by atoms with Gasteiger partial charge in [0.1, 0.15) is 11.9 Å². The van der Waals surface area contributed by atoms with Crippen LogP contribution < -0.4 is 10.2 Å². The zero-order valence-corrected chi connectivity index (χ0v) is 18.8. The maximum atomic E-state index is 13.4. The largest absolute Gasteiger partial charge is 0.380 e. The second-order valence-electron chi connectivity index (χ2n) is 9.49. The average molecular weight is 459 g/mol. The number of hydrogen-bond donors (Lipinski definition) is 3. The van der Waals surface area contributed by atoms with E-state index in [1.165, 1.54) is 12.1 Å². The Morgan fingerprint density at radius 3 is 2.27 bits per heavy atom. The molecule has 3 atom stereocenters. The van der Waals surface area contributed by atoms with Crippen LogP contribution >= 0.6 is 0 Å². The van der Waals surface area contributed by atoms with Gasteiger partial charge in [0.15, 0.2) is 12.2 Å². The lowest BCUT2D eigenvalue weighted by Crippen LogP contribution is -2.54. The second-order valence-corrected chi connectivity index (χ2v) is 9.49. The van der Waals surface area contributed by atoms with E-state index in [0.29, 0.717) is 24.3 Å². The minimum absolute atomic E-state index is 0.110. The fourth-order valence-electron chi connectivity index (χ4n) is 5.65. The summed E-state index contributed by atoms with van der Waals surface area (Å²) in [4.78, 5) is 28.9. The quantitative estimate of drug-likeness (QED) is 0.592. The summed E-state index contributed by atoms with van der Waals surface area (Å²) in [5, 5.41) is 32.8. The van der Waals surface area contributed by atoms with Crippen molar-refractivity contribution in [2.45, 2.75) is 75.8 Å². The highest BCUT2D eigenvalue weighted by atomic mass is 19.1. The Hall–Kier alpha value is -2.70. The van der Waals surface area contributed by atoms with E-state index in [2.05, 4.69) is 5.32 Å². The first-order valence-electron chi connectivity index (χ1n) is 11.7. The lowest BCUT2D eigenvalue weighted by atomic mass is 9.89. The van der Waals surface area contributed by atoms with Crippen LogP contribution in [-0.4, -0.2) is 70.4 Å². The van der Waals surface area contributed by atoms with Crippen molar-refractivity contribution in [2.75, 3.05) is 18.0 Å². The topological polar surface area (TPSA) is 117 Å². The number of nitrogens with one attached hydrogen (secondary N) is 1. The number of carbonyl (C=O) groups excluding carboxylic acids is 2. The average Bonchev–Trinajstić information content (AvgIpc) is 3.43. The van der Waals surface area contributed by atoms with Gasteiger partial charge < -0.3 is 25.3 Å². The highest BCUT2D eigenvalue weighted by molar-refractivity contribution is 5.91. The van der Waals surface area contributed by atoms with Gasteiger partial charge in [-0.25, -0.2) is 4.39 Å². The van der Waals surface area contributed by atoms with Crippen molar-refractivity contribution in [2.24, 2.45) is 5.92 Å². The molecule has 3 heterocycles. The van der Waals surface area contributed by atoms with Crippen molar-refractivity contribution in [1.82, 2.24) is 10.2 Å². The van der Waals surface area contributed by atoms with Crippen molar-refractivity contribution in [1.29, 1.82) is 5.26 Å². The van der Waals surface area contributed by atoms with Gasteiger partial charge in [0.25, 0.3) is 11.8 Å². The van der Waals surface area contributed by atoms with E-state index in [4.69, 9.17) is 0 Å². The molecule has 1 aromatic rings. The van der Waals surface area contributed by atoms with Crippen LogP contribution in [0.4, 0.5) is 10.1 Å². The first kappa shape index (κ1) is 23.5. The lowest BCUT2D eigenvalue weighted by Gasteiger charge is -2.37. The predicted molar refractivity (Wildman–Crippen MR) is 119 cm³/mol. The van der Waals surface area contributed by atoms with Gasteiger partial charge in [-0.2, -0.15) is 5.26 Å². The molecule has 2 bridgehead atoms. The van der Waals surface area contributed by atoms with E-state index >= 15 is 0 Å². The summed E-state index contributed by atoms with van der Waals surface area (Å²) in [6.07, 6.45) is 1.55. The number of aliphatic hydroxyl groups excluding tert-OH is 2. The third-order valence-electron chi connectivity index (χ3n) is 7.56. The van der Waals surface area contributed by atoms with Crippen LogP contribution in [0.25, 0.3) is 0 Å². The van der Waals surface area contributed by atoms with Crippen LogP contribution in [0, 0.1) is 23.1 Å². The van der Waals surface area contributed by atoms with E-state index < -0.39 is 29.8 Å². The Kier molecular flexibility index (Phi) is 6.86. The summed E-state index contributed by atoms with van der Waals surface area (Å²) < 4.78 is 13.4. The van der Waals surface area contributed by atoms with Gasteiger partial charge in [0, 0.05) is 31.2 Å². The summed E-state index contributed by atoms with van der Waals surface area (Å²) in [5.41, 5.74) is 0.991. The number of rotatable bonds is 6. The zero-order chi connectivity index (χ0) is 23.7. The number of nitriles is 1. The summed E-state index contributed by atoms with van der Waals surface area (Å²) >= 11 is 0. The van der Waals surface area contributed by atoms with Crippen LogP contribution in [0.5, 0.6) is 0 Å². The van der Waals surface area contributed by atoms with Crippen molar-refractivity contribution in [3.63, 3.8) is 0 Å².